The van der Waals surface area contributed by atoms with Crippen molar-refractivity contribution in [2.45, 2.75) is 39.5 Å². The highest BCUT2D eigenvalue weighted by Crippen LogP contribution is 2.24. The first-order valence-corrected chi connectivity index (χ1v) is 7.51. The van der Waals surface area contributed by atoms with Gasteiger partial charge in [-0.15, -0.1) is 0 Å². The average Bonchev–Trinajstić information content (AvgIpc) is 2.48. The van der Waals surface area contributed by atoms with E-state index in [1.807, 2.05) is 32.9 Å². The quantitative estimate of drug-likeness (QED) is 0.598. The van der Waals surface area contributed by atoms with Gasteiger partial charge in [0.15, 0.2) is 0 Å². The number of nitrogens with zero attached hydrogens (tertiary/aromatic N) is 3. The van der Waals surface area contributed by atoms with E-state index in [1.165, 1.54) is 5.56 Å². The van der Waals surface area contributed by atoms with Crippen molar-refractivity contribution >= 4 is 11.6 Å². The van der Waals surface area contributed by atoms with Gasteiger partial charge in [0, 0.05) is 23.9 Å². The molecule has 2 rings (SSSR count). The Bertz CT molecular complexity index is 588. The number of aryl methyl sites for hydroxylation is 1. The van der Waals surface area contributed by atoms with Crippen LogP contribution >= 0.6 is 11.6 Å². The van der Waals surface area contributed by atoms with Crippen molar-refractivity contribution in [2.75, 3.05) is 6.61 Å². The van der Waals surface area contributed by atoms with Gasteiger partial charge in [0.05, 0.1) is 6.61 Å². The molecule has 2 heterocycles. The van der Waals surface area contributed by atoms with E-state index in [4.69, 9.17) is 16.3 Å². The van der Waals surface area contributed by atoms with Crippen molar-refractivity contribution in [3.63, 3.8) is 0 Å². The van der Waals surface area contributed by atoms with Crippen LogP contribution in [0.15, 0.2) is 24.5 Å². The minimum atomic E-state index is 0.224. The molecule has 4 nitrogen and oxygen atoms in total. The number of hydrogen-bond donors (Lipinski definition) is 0. The molecule has 0 N–H and O–H groups in total. The molecule has 0 fully saturated rings. The zero-order valence-electron chi connectivity index (χ0n) is 12.6. The molecule has 5 heteroatoms. The van der Waals surface area contributed by atoms with Gasteiger partial charge in [0.1, 0.15) is 11.0 Å². The molecule has 0 bridgehead atoms. The van der Waals surface area contributed by atoms with Gasteiger partial charge in [-0.3, -0.25) is 4.98 Å². The maximum absolute atomic E-state index is 6.13. The van der Waals surface area contributed by atoms with Gasteiger partial charge in [-0.2, -0.15) is 4.98 Å². The second-order valence-corrected chi connectivity index (χ2v) is 5.62. The fourth-order valence-electron chi connectivity index (χ4n) is 1.88. The lowest BCUT2D eigenvalue weighted by Gasteiger charge is -2.12. The molecule has 0 aliphatic rings. The van der Waals surface area contributed by atoms with Crippen LogP contribution in [0.25, 0.3) is 0 Å². The summed E-state index contributed by atoms with van der Waals surface area (Å²) in [6.45, 7) is 6.56. The Morgan fingerprint density at radius 1 is 1.19 bits per heavy atom. The van der Waals surface area contributed by atoms with E-state index in [9.17, 15) is 0 Å². The van der Waals surface area contributed by atoms with Crippen molar-refractivity contribution < 1.29 is 4.74 Å². The maximum Gasteiger partial charge on any atom is 0.221 e. The summed E-state index contributed by atoms with van der Waals surface area (Å²) in [6, 6.07) is 4.04. The number of aromatic nitrogens is 3. The third-order valence-corrected chi connectivity index (χ3v) is 3.54. The van der Waals surface area contributed by atoms with Crippen LogP contribution in [0.2, 0.25) is 5.15 Å². The molecule has 112 valence electrons. The normalized spacial score (nSPS) is 10.9. The van der Waals surface area contributed by atoms with Crippen LogP contribution in [-0.4, -0.2) is 21.6 Å². The highest BCUT2D eigenvalue weighted by molar-refractivity contribution is 6.30. The van der Waals surface area contributed by atoms with Crippen LogP contribution in [0.3, 0.4) is 0 Å². The molecule has 0 amide bonds. The van der Waals surface area contributed by atoms with Crippen LogP contribution in [0.4, 0.5) is 0 Å². The van der Waals surface area contributed by atoms with Crippen LogP contribution in [0, 0.1) is 6.92 Å². The standard InChI is InChI=1S/C16H20ClN3O/c1-11(2)15-19-14(17)12(3)16(20-15)21-10-4-5-13-6-8-18-9-7-13/h6-9,11H,4-5,10H2,1-3H3. The molecule has 2 aromatic rings. The summed E-state index contributed by atoms with van der Waals surface area (Å²) < 4.78 is 5.78. The zero-order chi connectivity index (χ0) is 15.2. The summed E-state index contributed by atoms with van der Waals surface area (Å²) in [4.78, 5) is 12.7. The first-order valence-electron chi connectivity index (χ1n) is 7.13. The molecular formula is C16H20ClN3O. The summed E-state index contributed by atoms with van der Waals surface area (Å²) in [5.41, 5.74) is 2.05. The molecule has 2 aromatic heterocycles. The lowest BCUT2D eigenvalue weighted by atomic mass is 10.1. The topological polar surface area (TPSA) is 47.9 Å². The molecule has 0 aliphatic heterocycles. The third-order valence-electron chi connectivity index (χ3n) is 3.17. The lowest BCUT2D eigenvalue weighted by Crippen LogP contribution is -2.07. The minimum Gasteiger partial charge on any atom is -0.477 e. The molecule has 0 spiro atoms. The number of halogens is 1. The SMILES string of the molecule is Cc1c(Cl)nc(C(C)C)nc1OCCCc1ccncc1. The minimum absolute atomic E-state index is 0.224. The smallest absolute Gasteiger partial charge is 0.221 e. The van der Waals surface area contributed by atoms with Gasteiger partial charge in [-0.05, 0) is 37.5 Å². The first kappa shape index (κ1) is 15.7. The number of hydrogen-bond acceptors (Lipinski definition) is 4. The Hall–Kier alpha value is -1.68. The molecule has 0 saturated carbocycles. The zero-order valence-corrected chi connectivity index (χ0v) is 13.4. The van der Waals surface area contributed by atoms with E-state index in [1.54, 1.807) is 12.4 Å². The van der Waals surface area contributed by atoms with Crippen molar-refractivity contribution in [1.82, 2.24) is 15.0 Å². The average molecular weight is 306 g/mol. The predicted molar refractivity (Wildman–Crippen MR) is 83.9 cm³/mol. The van der Waals surface area contributed by atoms with Crippen LogP contribution in [0.1, 0.15) is 43.1 Å². The van der Waals surface area contributed by atoms with E-state index in [0.29, 0.717) is 17.6 Å². The summed E-state index contributed by atoms with van der Waals surface area (Å²) >= 11 is 6.13. The van der Waals surface area contributed by atoms with Gasteiger partial charge < -0.3 is 4.74 Å². The van der Waals surface area contributed by atoms with Gasteiger partial charge >= 0.3 is 0 Å². The van der Waals surface area contributed by atoms with E-state index in [0.717, 1.165) is 24.2 Å². The fraction of sp³-hybridized carbons (Fsp3) is 0.438. The van der Waals surface area contributed by atoms with Crippen molar-refractivity contribution in [3.05, 3.63) is 46.6 Å². The van der Waals surface area contributed by atoms with Crippen LogP contribution in [0.5, 0.6) is 5.88 Å². The van der Waals surface area contributed by atoms with E-state index < -0.39 is 0 Å². The van der Waals surface area contributed by atoms with Gasteiger partial charge in [0.2, 0.25) is 5.88 Å². The molecule has 21 heavy (non-hydrogen) atoms. The highest BCUT2D eigenvalue weighted by atomic mass is 35.5. The Kier molecular flexibility index (Phi) is 5.51. The molecule has 0 aliphatic carbocycles. The van der Waals surface area contributed by atoms with Gasteiger partial charge in [-0.1, -0.05) is 25.4 Å². The summed E-state index contributed by atoms with van der Waals surface area (Å²) in [6.07, 6.45) is 5.48. The molecule has 0 aromatic carbocycles. The van der Waals surface area contributed by atoms with Crippen molar-refractivity contribution in [3.8, 4) is 5.88 Å². The molecule has 0 unspecified atom stereocenters. The molecule has 0 radical (unpaired) electrons. The Labute approximate surface area is 130 Å². The first-order chi connectivity index (χ1) is 10.1. The van der Waals surface area contributed by atoms with Crippen LogP contribution < -0.4 is 4.74 Å². The van der Waals surface area contributed by atoms with E-state index >= 15 is 0 Å². The lowest BCUT2D eigenvalue weighted by molar-refractivity contribution is 0.295. The predicted octanol–water partition coefficient (Wildman–Crippen LogP) is 3.97. The number of ether oxygens (including phenoxy) is 1. The molecular weight excluding hydrogens is 286 g/mol. The van der Waals surface area contributed by atoms with Gasteiger partial charge in [0.25, 0.3) is 0 Å². The molecule has 0 saturated heterocycles. The van der Waals surface area contributed by atoms with Crippen molar-refractivity contribution in [2.24, 2.45) is 0 Å². The van der Waals surface area contributed by atoms with Crippen molar-refractivity contribution in [1.29, 1.82) is 0 Å². The van der Waals surface area contributed by atoms with Gasteiger partial charge in [-0.25, -0.2) is 4.98 Å². The molecule has 0 atom stereocenters. The van der Waals surface area contributed by atoms with Crippen LogP contribution in [-0.2, 0) is 6.42 Å². The summed E-state index contributed by atoms with van der Waals surface area (Å²) in [5.74, 6) is 1.53. The monoisotopic (exact) mass is 305 g/mol. The van der Waals surface area contributed by atoms with E-state index in [2.05, 4.69) is 15.0 Å². The Morgan fingerprint density at radius 2 is 1.90 bits per heavy atom. The fourth-order valence-corrected chi connectivity index (χ4v) is 2.05. The van der Waals surface area contributed by atoms with E-state index in [-0.39, 0.29) is 5.92 Å². The second-order valence-electron chi connectivity index (χ2n) is 5.26. The number of rotatable bonds is 6. The maximum atomic E-state index is 6.13. The summed E-state index contributed by atoms with van der Waals surface area (Å²) in [7, 11) is 0. The third kappa shape index (κ3) is 4.39. The number of pyridine rings is 1. The Balaban J connectivity index is 1.93. The highest BCUT2D eigenvalue weighted by Gasteiger charge is 2.12. The largest absolute Gasteiger partial charge is 0.477 e. The summed E-state index contributed by atoms with van der Waals surface area (Å²) in [5, 5.41) is 0.470. The Morgan fingerprint density at radius 3 is 2.57 bits per heavy atom. The second kappa shape index (κ2) is 7.36.